The molecule has 1 N–H and O–H groups in total. The standard InChI is InChI=1S/C25H25FN2O5S/c1-31-21-11-19(20(12-22(21)32-2)28-23(29)15-5-3-4-6-15)25(30)33-13-18-14-34-24(27-18)16-7-9-17(26)10-8-16/h7-12,14-15H,3-6,13H2,1-2H3,(H,28,29). The molecule has 0 saturated heterocycles. The van der Waals surface area contributed by atoms with Crippen molar-refractivity contribution in [2.45, 2.75) is 32.3 Å². The Balaban J connectivity index is 1.51. The molecule has 1 aliphatic rings. The number of benzene rings is 2. The van der Waals surface area contributed by atoms with Gasteiger partial charge in [-0.3, -0.25) is 4.79 Å². The Hall–Kier alpha value is -3.46. The molecule has 4 rings (SSSR count). The molecule has 1 fully saturated rings. The Morgan fingerprint density at radius 1 is 1.09 bits per heavy atom. The lowest BCUT2D eigenvalue weighted by atomic mass is 10.1. The third kappa shape index (κ3) is 5.36. The number of hydrogen-bond donors (Lipinski definition) is 1. The molecule has 0 atom stereocenters. The highest BCUT2D eigenvalue weighted by molar-refractivity contribution is 7.13. The Kier molecular flexibility index (Phi) is 7.42. The number of carbonyl (C=O) groups is 2. The number of nitrogens with one attached hydrogen (secondary N) is 1. The van der Waals surface area contributed by atoms with Crippen LogP contribution >= 0.6 is 11.3 Å². The number of rotatable bonds is 8. The van der Waals surface area contributed by atoms with E-state index in [1.807, 2.05) is 0 Å². The number of thiazole rings is 1. The fourth-order valence-electron chi connectivity index (χ4n) is 3.89. The van der Waals surface area contributed by atoms with Gasteiger partial charge in [0.15, 0.2) is 11.5 Å². The number of nitrogens with zero attached hydrogens (tertiary/aromatic N) is 1. The molecule has 9 heteroatoms. The molecule has 1 heterocycles. The van der Waals surface area contributed by atoms with Gasteiger partial charge in [-0.1, -0.05) is 12.8 Å². The molecule has 0 spiro atoms. The fourth-order valence-corrected chi connectivity index (χ4v) is 4.70. The average Bonchev–Trinajstić information content (AvgIpc) is 3.55. The van der Waals surface area contributed by atoms with Crippen LogP contribution in [-0.2, 0) is 16.1 Å². The van der Waals surface area contributed by atoms with Crippen LogP contribution in [-0.4, -0.2) is 31.1 Å². The van der Waals surface area contributed by atoms with Gasteiger partial charge in [0.1, 0.15) is 17.4 Å². The van der Waals surface area contributed by atoms with Crippen LogP contribution in [0.2, 0.25) is 0 Å². The van der Waals surface area contributed by atoms with Gasteiger partial charge in [0.2, 0.25) is 5.91 Å². The summed E-state index contributed by atoms with van der Waals surface area (Å²) in [5.74, 6) is -0.400. The van der Waals surface area contributed by atoms with Crippen molar-refractivity contribution in [2.24, 2.45) is 5.92 Å². The summed E-state index contributed by atoms with van der Waals surface area (Å²) in [4.78, 5) is 30.2. The van der Waals surface area contributed by atoms with Crippen molar-refractivity contribution in [1.29, 1.82) is 0 Å². The molecular formula is C25H25FN2O5S. The SMILES string of the molecule is COc1cc(NC(=O)C2CCCC2)c(C(=O)OCc2csc(-c3ccc(F)cc3)n2)cc1OC. The van der Waals surface area contributed by atoms with E-state index in [1.54, 1.807) is 23.6 Å². The van der Waals surface area contributed by atoms with Gasteiger partial charge in [-0.25, -0.2) is 14.2 Å². The smallest absolute Gasteiger partial charge is 0.340 e. The molecule has 3 aromatic rings. The normalized spacial score (nSPS) is 13.5. The van der Waals surface area contributed by atoms with Crippen LogP contribution in [0.5, 0.6) is 11.5 Å². The molecular weight excluding hydrogens is 459 g/mol. The molecule has 0 radical (unpaired) electrons. The Morgan fingerprint density at radius 2 is 1.76 bits per heavy atom. The molecule has 1 amide bonds. The summed E-state index contributed by atoms with van der Waals surface area (Å²) >= 11 is 1.37. The molecule has 0 bridgehead atoms. The van der Waals surface area contributed by atoms with Crippen molar-refractivity contribution in [2.75, 3.05) is 19.5 Å². The minimum Gasteiger partial charge on any atom is -0.493 e. The first-order chi connectivity index (χ1) is 16.5. The maximum atomic E-state index is 13.2. The zero-order valence-electron chi connectivity index (χ0n) is 18.9. The number of carbonyl (C=O) groups excluding carboxylic acids is 2. The third-order valence-corrected chi connectivity index (χ3v) is 6.66. The molecule has 0 aliphatic heterocycles. The maximum Gasteiger partial charge on any atom is 0.340 e. The lowest BCUT2D eigenvalue weighted by molar-refractivity contribution is -0.119. The number of esters is 1. The topological polar surface area (TPSA) is 86.8 Å². The van der Waals surface area contributed by atoms with Gasteiger partial charge in [-0.05, 0) is 37.1 Å². The van der Waals surface area contributed by atoms with Crippen LogP contribution in [0, 0.1) is 11.7 Å². The van der Waals surface area contributed by atoms with Crippen molar-refractivity contribution in [3.63, 3.8) is 0 Å². The van der Waals surface area contributed by atoms with Crippen LogP contribution < -0.4 is 14.8 Å². The van der Waals surface area contributed by atoms with E-state index in [4.69, 9.17) is 14.2 Å². The van der Waals surface area contributed by atoms with E-state index in [-0.39, 0.29) is 29.8 Å². The number of methoxy groups -OCH3 is 2. The summed E-state index contributed by atoms with van der Waals surface area (Å²) in [5, 5.41) is 5.35. The van der Waals surface area contributed by atoms with Crippen molar-refractivity contribution >= 4 is 28.9 Å². The zero-order chi connectivity index (χ0) is 24.1. The lowest BCUT2D eigenvalue weighted by Crippen LogP contribution is -2.22. The molecule has 1 aromatic heterocycles. The van der Waals surface area contributed by atoms with Gasteiger partial charge in [-0.15, -0.1) is 11.3 Å². The van der Waals surface area contributed by atoms with Gasteiger partial charge in [-0.2, -0.15) is 0 Å². The summed E-state index contributed by atoms with van der Waals surface area (Å²) in [6.45, 7) is -0.0547. The van der Waals surface area contributed by atoms with E-state index in [9.17, 15) is 14.0 Å². The summed E-state index contributed by atoms with van der Waals surface area (Å²) in [6.07, 6.45) is 3.71. The molecule has 178 valence electrons. The summed E-state index contributed by atoms with van der Waals surface area (Å²) in [5.41, 5.74) is 1.82. The largest absolute Gasteiger partial charge is 0.493 e. The zero-order valence-corrected chi connectivity index (χ0v) is 19.7. The van der Waals surface area contributed by atoms with Gasteiger partial charge < -0.3 is 19.5 Å². The van der Waals surface area contributed by atoms with Gasteiger partial charge in [0.25, 0.3) is 0 Å². The highest BCUT2D eigenvalue weighted by Crippen LogP contribution is 2.35. The second-order valence-corrected chi connectivity index (χ2v) is 8.81. The Bertz CT molecular complexity index is 1170. The molecule has 34 heavy (non-hydrogen) atoms. The molecule has 0 unspecified atom stereocenters. The predicted octanol–water partition coefficient (Wildman–Crippen LogP) is 5.45. The van der Waals surface area contributed by atoms with E-state index in [2.05, 4.69) is 10.3 Å². The highest BCUT2D eigenvalue weighted by atomic mass is 32.1. The number of hydrogen-bond acceptors (Lipinski definition) is 7. The summed E-state index contributed by atoms with van der Waals surface area (Å²) < 4.78 is 29.3. The number of ether oxygens (including phenoxy) is 3. The van der Waals surface area contributed by atoms with Crippen LogP contribution in [0.15, 0.2) is 41.8 Å². The van der Waals surface area contributed by atoms with E-state index in [1.165, 1.54) is 43.8 Å². The molecule has 2 aromatic carbocycles. The van der Waals surface area contributed by atoms with Crippen LogP contribution in [0.1, 0.15) is 41.7 Å². The quantitative estimate of drug-likeness (QED) is 0.428. The Labute approximate surface area is 200 Å². The molecule has 1 saturated carbocycles. The highest BCUT2D eigenvalue weighted by Gasteiger charge is 2.26. The predicted molar refractivity (Wildman–Crippen MR) is 127 cm³/mol. The van der Waals surface area contributed by atoms with E-state index < -0.39 is 5.97 Å². The van der Waals surface area contributed by atoms with Crippen LogP contribution in [0.4, 0.5) is 10.1 Å². The van der Waals surface area contributed by atoms with Crippen LogP contribution in [0.3, 0.4) is 0 Å². The third-order valence-electron chi connectivity index (χ3n) is 5.72. The van der Waals surface area contributed by atoms with Crippen molar-refractivity contribution in [3.05, 3.63) is 58.9 Å². The monoisotopic (exact) mass is 484 g/mol. The maximum absolute atomic E-state index is 13.2. The van der Waals surface area contributed by atoms with Gasteiger partial charge in [0.05, 0.1) is 31.2 Å². The minimum absolute atomic E-state index is 0.0547. The lowest BCUT2D eigenvalue weighted by Gasteiger charge is -2.16. The molecule has 7 nitrogen and oxygen atoms in total. The van der Waals surface area contributed by atoms with Crippen molar-refractivity contribution in [1.82, 2.24) is 4.98 Å². The van der Waals surface area contributed by atoms with E-state index in [0.29, 0.717) is 27.9 Å². The van der Waals surface area contributed by atoms with Crippen molar-refractivity contribution in [3.8, 4) is 22.1 Å². The Morgan fingerprint density at radius 3 is 2.44 bits per heavy atom. The average molecular weight is 485 g/mol. The summed E-state index contributed by atoms with van der Waals surface area (Å²) in [7, 11) is 2.95. The number of halogens is 1. The first-order valence-corrected chi connectivity index (χ1v) is 11.8. The number of aromatic nitrogens is 1. The second-order valence-electron chi connectivity index (χ2n) is 7.95. The first kappa shape index (κ1) is 23.7. The van der Waals surface area contributed by atoms with Gasteiger partial charge in [0, 0.05) is 29.0 Å². The second kappa shape index (κ2) is 10.6. The van der Waals surface area contributed by atoms with Crippen molar-refractivity contribution < 1.29 is 28.2 Å². The minimum atomic E-state index is -0.626. The van der Waals surface area contributed by atoms with E-state index >= 15 is 0 Å². The summed E-state index contributed by atoms with van der Waals surface area (Å²) in [6, 6.07) is 9.09. The first-order valence-electron chi connectivity index (χ1n) is 10.9. The van der Waals surface area contributed by atoms with Gasteiger partial charge >= 0.3 is 5.97 Å². The number of amides is 1. The van der Waals surface area contributed by atoms with Crippen LogP contribution in [0.25, 0.3) is 10.6 Å². The number of anilines is 1. The molecule has 1 aliphatic carbocycles. The van der Waals surface area contributed by atoms with E-state index in [0.717, 1.165) is 31.2 Å². The fraction of sp³-hybridized carbons (Fsp3) is 0.320.